The molecule has 1 aromatic rings. The Labute approximate surface area is 112 Å². The summed E-state index contributed by atoms with van der Waals surface area (Å²) < 4.78 is 5.92. The summed E-state index contributed by atoms with van der Waals surface area (Å²) in [6, 6.07) is 2.76. The van der Waals surface area contributed by atoms with Crippen molar-refractivity contribution >= 4 is 0 Å². The topological polar surface area (TPSA) is 28.4 Å². The van der Waals surface area contributed by atoms with Crippen molar-refractivity contribution in [2.45, 2.75) is 59.7 Å². The highest BCUT2D eigenvalue weighted by atomic mass is 16.3. The van der Waals surface area contributed by atoms with E-state index in [0.29, 0.717) is 6.04 Å². The fraction of sp³-hybridized carbons (Fsp3) is 0.733. The average Bonchev–Trinajstić information content (AvgIpc) is 2.69. The maximum Gasteiger partial charge on any atom is 0.120 e. The molecule has 0 fully saturated rings. The average molecular weight is 252 g/mol. The van der Waals surface area contributed by atoms with Crippen LogP contribution in [0.5, 0.6) is 0 Å². The van der Waals surface area contributed by atoms with Gasteiger partial charge in [-0.3, -0.25) is 4.90 Å². The fourth-order valence-corrected chi connectivity index (χ4v) is 1.94. The SMILES string of the molecule is CCCNCc1oc(CN(C)C(C)CC)cc1C. The van der Waals surface area contributed by atoms with E-state index in [4.69, 9.17) is 4.42 Å². The van der Waals surface area contributed by atoms with Crippen LogP contribution < -0.4 is 5.32 Å². The summed E-state index contributed by atoms with van der Waals surface area (Å²) in [5.41, 5.74) is 1.26. The second-order valence-electron chi connectivity index (χ2n) is 5.17. The zero-order valence-corrected chi connectivity index (χ0v) is 12.5. The quantitative estimate of drug-likeness (QED) is 0.719. The van der Waals surface area contributed by atoms with Crippen LogP contribution in [0.3, 0.4) is 0 Å². The minimum atomic E-state index is 0.595. The van der Waals surface area contributed by atoms with E-state index >= 15 is 0 Å². The van der Waals surface area contributed by atoms with Crippen molar-refractivity contribution in [3.05, 3.63) is 23.2 Å². The van der Waals surface area contributed by atoms with Crippen LogP contribution in [-0.4, -0.2) is 24.5 Å². The summed E-state index contributed by atoms with van der Waals surface area (Å²) in [5.74, 6) is 2.15. The van der Waals surface area contributed by atoms with Gasteiger partial charge in [-0.05, 0) is 51.9 Å². The second kappa shape index (κ2) is 7.59. The lowest BCUT2D eigenvalue weighted by atomic mass is 10.2. The van der Waals surface area contributed by atoms with Gasteiger partial charge in [0.25, 0.3) is 0 Å². The Hall–Kier alpha value is -0.800. The van der Waals surface area contributed by atoms with Crippen molar-refractivity contribution in [2.24, 2.45) is 0 Å². The van der Waals surface area contributed by atoms with Gasteiger partial charge < -0.3 is 9.73 Å². The normalized spacial score (nSPS) is 13.2. The van der Waals surface area contributed by atoms with Crippen molar-refractivity contribution in [1.29, 1.82) is 0 Å². The first-order valence-electron chi connectivity index (χ1n) is 7.07. The Morgan fingerprint density at radius 1 is 1.39 bits per heavy atom. The highest BCUT2D eigenvalue weighted by Gasteiger charge is 2.12. The molecule has 0 saturated heterocycles. The molecule has 3 nitrogen and oxygen atoms in total. The van der Waals surface area contributed by atoms with Crippen LogP contribution in [0.15, 0.2) is 10.5 Å². The Kier molecular flexibility index (Phi) is 6.44. The number of nitrogens with zero attached hydrogens (tertiary/aromatic N) is 1. The van der Waals surface area contributed by atoms with E-state index in [1.165, 1.54) is 12.0 Å². The van der Waals surface area contributed by atoms with Gasteiger partial charge in [0.2, 0.25) is 0 Å². The summed E-state index contributed by atoms with van der Waals surface area (Å²) >= 11 is 0. The summed E-state index contributed by atoms with van der Waals surface area (Å²) in [4.78, 5) is 2.33. The Balaban J connectivity index is 2.55. The van der Waals surface area contributed by atoms with Gasteiger partial charge in [0, 0.05) is 6.04 Å². The first kappa shape index (κ1) is 15.3. The van der Waals surface area contributed by atoms with Crippen molar-refractivity contribution in [1.82, 2.24) is 10.2 Å². The Bertz CT molecular complexity index is 346. The minimum Gasteiger partial charge on any atom is -0.463 e. The van der Waals surface area contributed by atoms with Crippen LogP contribution in [0.4, 0.5) is 0 Å². The van der Waals surface area contributed by atoms with Gasteiger partial charge in [0.15, 0.2) is 0 Å². The van der Waals surface area contributed by atoms with Crippen molar-refractivity contribution in [3.63, 3.8) is 0 Å². The van der Waals surface area contributed by atoms with Gasteiger partial charge in [0.1, 0.15) is 11.5 Å². The van der Waals surface area contributed by atoms with Crippen molar-refractivity contribution < 1.29 is 4.42 Å². The molecule has 0 radical (unpaired) electrons. The molecule has 1 N–H and O–H groups in total. The van der Waals surface area contributed by atoms with Gasteiger partial charge in [0.05, 0.1) is 13.1 Å². The third-order valence-electron chi connectivity index (χ3n) is 3.53. The van der Waals surface area contributed by atoms with Gasteiger partial charge in [-0.1, -0.05) is 13.8 Å². The highest BCUT2D eigenvalue weighted by Crippen LogP contribution is 2.17. The molecule has 0 aliphatic carbocycles. The molecule has 1 unspecified atom stereocenters. The summed E-state index contributed by atoms with van der Waals surface area (Å²) in [5, 5.41) is 3.39. The van der Waals surface area contributed by atoms with Gasteiger partial charge in [-0.25, -0.2) is 0 Å². The minimum absolute atomic E-state index is 0.595. The Morgan fingerprint density at radius 2 is 2.11 bits per heavy atom. The summed E-state index contributed by atoms with van der Waals surface area (Å²) in [6.07, 6.45) is 2.32. The van der Waals surface area contributed by atoms with Gasteiger partial charge in [-0.15, -0.1) is 0 Å². The van der Waals surface area contributed by atoms with E-state index in [1.807, 2.05) is 0 Å². The van der Waals surface area contributed by atoms with Crippen LogP contribution in [-0.2, 0) is 13.1 Å². The van der Waals surface area contributed by atoms with Crippen LogP contribution in [0, 0.1) is 6.92 Å². The first-order chi connectivity index (χ1) is 8.58. The number of aryl methyl sites for hydroxylation is 1. The molecule has 0 aliphatic rings. The molecule has 0 aliphatic heterocycles. The molecule has 3 heteroatoms. The standard InChI is InChI=1S/C15H28N2O/c1-6-8-16-10-15-12(3)9-14(18-15)11-17(5)13(4)7-2/h9,13,16H,6-8,10-11H2,1-5H3. The summed E-state index contributed by atoms with van der Waals surface area (Å²) in [6.45, 7) is 11.5. The highest BCUT2D eigenvalue weighted by molar-refractivity contribution is 5.20. The molecule has 1 rings (SSSR count). The molecule has 18 heavy (non-hydrogen) atoms. The third kappa shape index (κ3) is 4.46. The summed E-state index contributed by atoms with van der Waals surface area (Å²) in [7, 11) is 2.15. The van der Waals surface area contributed by atoms with E-state index in [2.05, 4.69) is 51.0 Å². The molecule has 0 saturated carbocycles. The third-order valence-corrected chi connectivity index (χ3v) is 3.53. The van der Waals surface area contributed by atoms with E-state index in [-0.39, 0.29) is 0 Å². The molecule has 1 heterocycles. The van der Waals surface area contributed by atoms with Crippen molar-refractivity contribution in [3.8, 4) is 0 Å². The lowest BCUT2D eigenvalue weighted by Crippen LogP contribution is -2.27. The zero-order valence-electron chi connectivity index (χ0n) is 12.5. The van der Waals surface area contributed by atoms with Crippen LogP contribution in [0.1, 0.15) is 50.7 Å². The van der Waals surface area contributed by atoms with Crippen LogP contribution >= 0.6 is 0 Å². The molecule has 1 aromatic heterocycles. The van der Waals surface area contributed by atoms with E-state index in [0.717, 1.165) is 37.6 Å². The van der Waals surface area contributed by atoms with E-state index < -0.39 is 0 Å². The molecule has 0 spiro atoms. The molecule has 1 atom stereocenters. The monoisotopic (exact) mass is 252 g/mol. The van der Waals surface area contributed by atoms with Crippen molar-refractivity contribution in [2.75, 3.05) is 13.6 Å². The maximum atomic E-state index is 5.92. The molecular formula is C15H28N2O. The molecular weight excluding hydrogens is 224 g/mol. The Morgan fingerprint density at radius 3 is 2.72 bits per heavy atom. The lowest BCUT2D eigenvalue weighted by Gasteiger charge is -2.22. The largest absolute Gasteiger partial charge is 0.463 e. The second-order valence-corrected chi connectivity index (χ2v) is 5.17. The number of furan rings is 1. The smallest absolute Gasteiger partial charge is 0.120 e. The molecule has 104 valence electrons. The first-order valence-corrected chi connectivity index (χ1v) is 7.07. The number of hydrogen-bond donors (Lipinski definition) is 1. The lowest BCUT2D eigenvalue weighted by molar-refractivity contribution is 0.222. The fourth-order valence-electron chi connectivity index (χ4n) is 1.94. The zero-order chi connectivity index (χ0) is 13.5. The van der Waals surface area contributed by atoms with Crippen LogP contribution in [0.2, 0.25) is 0 Å². The van der Waals surface area contributed by atoms with Gasteiger partial charge in [-0.2, -0.15) is 0 Å². The molecule has 0 bridgehead atoms. The predicted octanol–water partition coefficient (Wildman–Crippen LogP) is 3.32. The number of nitrogens with one attached hydrogen (secondary N) is 1. The van der Waals surface area contributed by atoms with E-state index in [1.54, 1.807) is 0 Å². The number of hydrogen-bond acceptors (Lipinski definition) is 3. The van der Waals surface area contributed by atoms with E-state index in [9.17, 15) is 0 Å². The maximum absolute atomic E-state index is 5.92. The molecule has 0 aromatic carbocycles. The number of rotatable bonds is 8. The van der Waals surface area contributed by atoms with Crippen LogP contribution in [0.25, 0.3) is 0 Å². The predicted molar refractivity (Wildman–Crippen MR) is 76.7 cm³/mol. The molecule has 0 amide bonds. The van der Waals surface area contributed by atoms with Gasteiger partial charge >= 0.3 is 0 Å².